The van der Waals surface area contributed by atoms with Gasteiger partial charge in [0, 0.05) is 26.1 Å². The van der Waals surface area contributed by atoms with Crippen molar-refractivity contribution < 1.29 is 13.2 Å². The Kier molecular flexibility index (Phi) is 4.26. The zero-order valence-corrected chi connectivity index (χ0v) is 9.96. The number of nitrogens with one attached hydrogen (secondary N) is 1. The first kappa shape index (κ1) is 12.9. The molecule has 16 heavy (non-hydrogen) atoms. The second-order valence-electron chi connectivity index (χ2n) is 3.89. The summed E-state index contributed by atoms with van der Waals surface area (Å²) in [6.07, 6.45) is 1.95. The van der Waals surface area contributed by atoms with Crippen molar-refractivity contribution in [2.24, 2.45) is 5.92 Å². The second-order valence-corrected chi connectivity index (χ2v) is 5.72. The SMILES string of the molecule is CS(=O)(=O)NCCCN1CC(C#N)CC1=O. The van der Waals surface area contributed by atoms with Crippen molar-refractivity contribution in [2.75, 3.05) is 25.9 Å². The molecular weight excluding hydrogens is 230 g/mol. The third-order valence-corrected chi connectivity index (χ3v) is 3.09. The third kappa shape index (κ3) is 4.16. The van der Waals surface area contributed by atoms with E-state index in [2.05, 4.69) is 10.8 Å². The van der Waals surface area contributed by atoms with Gasteiger partial charge in [-0.15, -0.1) is 0 Å². The highest BCUT2D eigenvalue weighted by Gasteiger charge is 2.28. The molecule has 90 valence electrons. The van der Waals surface area contributed by atoms with Crippen LogP contribution < -0.4 is 4.72 Å². The molecule has 6 nitrogen and oxygen atoms in total. The number of likely N-dealkylation sites (tertiary alicyclic amines) is 1. The first-order valence-corrected chi connectivity index (χ1v) is 6.93. The lowest BCUT2D eigenvalue weighted by Gasteiger charge is -2.15. The van der Waals surface area contributed by atoms with Crippen LogP contribution in [0.25, 0.3) is 0 Å². The van der Waals surface area contributed by atoms with Gasteiger partial charge in [-0.3, -0.25) is 4.79 Å². The lowest BCUT2D eigenvalue weighted by Crippen LogP contribution is -2.30. The van der Waals surface area contributed by atoms with Crippen molar-refractivity contribution in [3.63, 3.8) is 0 Å². The molecule has 0 aromatic rings. The van der Waals surface area contributed by atoms with Crippen molar-refractivity contribution in [2.45, 2.75) is 12.8 Å². The van der Waals surface area contributed by atoms with Gasteiger partial charge in [0.05, 0.1) is 18.2 Å². The molecule has 1 aliphatic heterocycles. The number of nitriles is 1. The Morgan fingerprint density at radius 3 is 2.81 bits per heavy atom. The largest absolute Gasteiger partial charge is 0.341 e. The fraction of sp³-hybridized carbons (Fsp3) is 0.778. The number of hydrogen-bond donors (Lipinski definition) is 1. The van der Waals surface area contributed by atoms with Crippen molar-refractivity contribution >= 4 is 15.9 Å². The molecule has 1 saturated heterocycles. The van der Waals surface area contributed by atoms with Crippen molar-refractivity contribution in [3.05, 3.63) is 0 Å². The predicted octanol–water partition coefficient (Wildman–Crippen LogP) is -0.702. The summed E-state index contributed by atoms with van der Waals surface area (Å²) >= 11 is 0. The van der Waals surface area contributed by atoms with Gasteiger partial charge in [-0.05, 0) is 6.42 Å². The van der Waals surface area contributed by atoms with Gasteiger partial charge in [-0.25, -0.2) is 13.1 Å². The van der Waals surface area contributed by atoms with Crippen LogP contribution in [0.5, 0.6) is 0 Å². The van der Waals surface area contributed by atoms with Crippen LogP contribution in [0.3, 0.4) is 0 Å². The summed E-state index contributed by atoms with van der Waals surface area (Å²) < 4.78 is 23.9. The molecule has 0 aromatic carbocycles. The molecule has 1 N–H and O–H groups in total. The smallest absolute Gasteiger partial charge is 0.224 e. The summed E-state index contributed by atoms with van der Waals surface area (Å²) in [5.41, 5.74) is 0. The molecule has 1 rings (SSSR count). The van der Waals surface area contributed by atoms with Crippen molar-refractivity contribution in [1.82, 2.24) is 9.62 Å². The summed E-state index contributed by atoms with van der Waals surface area (Å²) in [5.74, 6) is -0.235. The molecule has 1 heterocycles. The summed E-state index contributed by atoms with van der Waals surface area (Å²) in [7, 11) is -3.15. The number of sulfonamides is 1. The van der Waals surface area contributed by atoms with E-state index in [1.54, 1.807) is 4.90 Å². The van der Waals surface area contributed by atoms with Crippen LogP contribution in [-0.2, 0) is 14.8 Å². The lowest BCUT2D eigenvalue weighted by molar-refractivity contribution is -0.127. The maximum absolute atomic E-state index is 11.4. The summed E-state index contributed by atoms with van der Waals surface area (Å²) in [4.78, 5) is 13.0. The average molecular weight is 245 g/mol. The van der Waals surface area contributed by atoms with Gasteiger partial charge in [0.25, 0.3) is 0 Å². The molecule has 1 aliphatic rings. The van der Waals surface area contributed by atoms with E-state index in [0.717, 1.165) is 6.26 Å². The molecule has 1 atom stereocenters. The minimum absolute atomic E-state index is 0.0223. The highest BCUT2D eigenvalue weighted by molar-refractivity contribution is 7.88. The summed E-state index contributed by atoms with van der Waals surface area (Å²) in [6, 6.07) is 2.06. The average Bonchev–Trinajstić information content (AvgIpc) is 2.53. The lowest BCUT2D eigenvalue weighted by atomic mass is 10.1. The fourth-order valence-corrected chi connectivity index (χ4v) is 2.12. The maximum Gasteiger partial charge on any atom is 0.224 e. The number of carbonyl (C=O) groups is 1. The van der Waals surface area contributed by atoms with E-state index in [-0.39, 0.29) is 18.2 Å². The minimum Gasteiger partial charge on any atom is -0.341 e. The Morgan fingerprint density at radius 2 is 2.31 bits per heavy atom. The molecule has 1 fully saturated rings. The predicted molar refractivity (Wildman–Crippen MR) is 57.8 cm³/mol. The van der Waals surface area contributed by atoms with Gasteiger partial charge in [0.2, 0.25) is 15.9 Å². The van der Waals surface area contributed by atoms with Crippen molar-refractivity contribution in [3.8, 4) is 6.07 Å². The minimum atomic E-state index is -3.15. The first-order chi connectivity index (χ1) is 7.42. The molecule has 0 saturated carbocycles. The van der Waals surface area contributed by atoms with Gasteiger partial charge in [0.1, 0.15) is 0 Å². The summed E-state index contributed by atoms with van der Waals surface area (Å²) in [5, 5.41) is 8.66. The van der Waals surface area contributed by atoms with E-state index in [0.29, 0.717) is 26.1 Å². The van der Waals surface area contributed by atoms with E-state index < -0.39 is 10.0 Å². The quantitative estimate of drug-likeness (QED) is 0.648. The molecule has 1 amide bonds. The molecule has 1 unspecified atom stereocenters. The van der Waals surface area contributed by atoms with Gasteiger partial charge in [-0.2, -0.15) is 5.26 Å². The van der Waals surface area contributed by atoms with E-state index in [4.69, 9.17) is 5.26 Å². The van der Waals surface area contributed by atoms with E-state index in [1.807, 2.05) is 0 Å². The number of carbonyl (C=O) groups excluding carboxylic acids is 1. The van der Waals surface area contributed by atoms with Crippen LogP contribution in [0.15, 0.2) is 0 Å². The standard InChI is InChI=1S/C9H15N3O3S/c1-16(14,15)11-3-2-4-12-7-8(6-10)5-9(12)13/h8,11H,2-5,7H2,1H3. The maximum atomic E-state index is 11.4. The Labute approximate surface area is 95.3 Å². The molecule has 0 spiro atoms. The van der Waals surface area contributed by atoms with Crippen LogP contribution in [0, 0.1) is 17.2 Å². The molecular formula is C9H15N3O3S. The summed E-state index contributed by atoms with van der Waals surface area (Å²) in [6.45, 7) is 1.29. The van der Waals surface area contributed by atoms with Crippen molar-refractivity contribution in [1.29, 1.82) is 5.26 Å². The molecule has 0 aliphatic carbocycles. The highest BCUT2D eigenvalue weighted by Crippen LogP contribution is 2.16. The fourth-order valence-electron chi connectivity index (χ4n) is 1.60. The van der Waals surface area contributed by atoms with Gasteiger partial charge >= 0.3 is 0 Å². The van der Waals surface area contributed by atoms with Crippen LogP contribution in [-0.4, -0.2) is 45.1 Å². The normalized spacial score (nSPS) is 21.1. The molecule has 7 heteroatoms. The number of nitrogens with zero attached hydrogens (tertiary/aromatic N) is 2. The zero-order chi connectivity index (χ0) is 12.2. The Balaban J connectivity index is 2.24. The first-order valence-electron chi connectivity index (χ1n) is 5.04. The Hall–Kier alpha value is -1.13. The van der Waals surface area contributed by atoms with E-state index in [9.17, 15) is 13.2 Å². The molecule has 0 bridgehead atoms. The number of amides is 1. The highest BCUT2D eigenvalue weighted by atomic mass is 32.2. The van der Waals surface area contributed by atoms with Crippen LogP contribution >= 0.6 is 0 Å². The number of rotatable bonds is 5. The Morgan fingerprint density at radius 1 is 1.62 bits per heavy atom. The van der Waals surface area contributed by atoms with Crippen LogP contribution in [0.4, 0.5) is 0 Å². The van der Waals surface area contributed by atoms with E-state index >= 15 is 0 Å². The number of hydrogen-bond acceptors (Lipinski definition) is 4. The van der Waals surface area contributed by atoms with Crippen LogP contribution in [0.1, 0.15) is 12.8 Å². The monoisotopic (exact) mass is 245 g/mol. The zero-order valence-electron chi connectivity index (χ0n) is 9.14. The van der Waals surface area contributed by atoms with Gasteiger partial charge in [-0.1, -0.05) is 0 Å². The van der Waals surface area contributed by atoms with E-state index in [1.165, 1.54) is 0 Å². The van der Waals surface area contributed by atoms with Gasteiger partial charge in [0.15, 0.2) is 0 Å². The molecule has 0 aromatic heterocycles. The van der Waals surface area contributed by atoms with Gasteiger partial charge < -0.3 is 4.90 Å². The third-order valence-electron chi connectivity index (χ3n) is 2.37. The molecule has 0 radical (unpaired) electrons. The van der Waals surface area contributed by atoms with Crippen LogP contribution in [0.2, 0.25) is 0 Å². The topological polar surface area (TPSA) is 90.3 Å². The Bertz CT molecular complexity index is 399. The second kappa shape index (κ2) is 5.27.